The Labute approximate surface area is 186 Å². The highest BCUT2D eigenvalue weighted by molar-refractivity contribution is 6.05. The molecule has 9 nitrogen and oxygen atoms in total. The number of ether oxygens (including phenoxy) is 1. The second-order valence-corrected chi connectivity index (χ2v) is 7.95. The first-order valence-corrected chi connectivity index (χ1v) is 10.8. The first-order chi connectivity index (χ1) is 15.5. The number of piperidine rings is 1. The van der Waals surface area contributed by atoms with E-state index in [0.29, 0.717) is 29.9 Å². The molecule has 0 spiro atoms. The molecule has 32 heavy (non-hydrogen) atoms. The minimum Gasteiger partial charge on any atom is -0.477 e. The molecule has 1 aliphatic rings. The monoisotopic (exact) mass is 441 g/mol. The van der Waals surface area contributed by atoms with Gasteiger partial charge in [0.25, 0.3) is 5.91 Å². The normalized spacial score (nSPS) is 14.7. The molecule has 0 aromatic carbocycles. The molecule has 0 radical (unpaired) electrons. The van der Waals surface area contributed by atoms with E-state index in [-0.39, 0.29) is 17.1 Å². The molecule has 10 heteroatoms. The lowest BCUT2D eigenvalue weighted by Gasteiger charge is -2.32. The molecule has 4 rings (SSSR count). The Morgan fingerprint density at radius 1 is 1.28 bits per heavy atom. The number of nitrogens with one attached hydrogen (secondary N) is 2. The number of fused-ring (bicyclic) bond motifs is 1. The predicted octanol–water partition coefficient (Wildman–Crippen LogP) is 2.66. The number of amides is 1. The Balaban J connectivity index is 1.53. The zero-order chi connectivity index (χ0) is 22.7. The summed E-state index contributed by atoms with van der Waals surface area (Å²) in [5.41, 5.74) is 1.39. The van der Waals surface area contributed by atoms with Crippen molar-refractivity contribution in [1.29, 1.82) is 0 Å². The lowest BCUT2D eigenvalue weighted by Crippen LogP contribution is -2.37. The zero-order valence-corrected chi connectivity index (χ0v) is 18.6. The summed E-state index contributed by atoms with van der Waals surface area (Å²) in [6.07, 6.45) is 6.88. The summed E-state index contributed by atoms with van der Waals surface area (Å²) in [5, 5.41) is 5.94. The van der Waals surface area contributed by atoms with Gasteiger partial charge in [0.2, 0.25) is 11.8 Å². The molecule has 4 heterocycles. The summed E-state index contributed by atoms with van der Waals surface area (Å²) in [6, 6.07) is 1.24. The molecule has 1 aliphatic heterocycles. The van der Waals surface area contributed by atoms with Gasteiger partial charge in [-0.3, -0.25) is 4.79 Å². The Kier molecular flexibility index (Phi) is 6.50. The summed E-state index contributed by atoms with van der Waals surface area (Å²) in [6.45, 7) is 6.68. The summed E-state index contributed by atoms with van der Waals surface area (Å²) in [4.78, 5) is 28.1. The maximum Gasteiger partial charge on any atom is 0.262 e. The number of nitrogens with zero attached hydrogens (tertiary/aromatic N) is 5. The van der Waals surface area contributed by atoms with Gasteiger partial charge < -0.3 is 24.7 Å². The zero-order valence-electron chi connectivity index (χ0n) is 18.6. The molecule has 0 unspecified atom stereocenters. The van der Waals surface area contributed by atoms with Crippen LogP contribution in [0.5, 0.6) is 5.88 Å². The molecular formula is C22H28FN7O2. The van der Waals surface area contributed by atoms with Crippen molar-refractivity contribution in [2.75, 3.05) is 43.5 Å². The van der Waals surface area contributed by atoms with Crippen molar-refractivity contribution in [3.63, 3.8) is 0 Å². The van der Waals surface area contributed by atoms with E-state index in [0.717, 1.165) is 32.5 Å². The number of hydrogen-bond donors (Lipinski definition) is 2. The van der Waals surface area contributed by atoms with Gasteiger partial charge in [0.1, 0.15) is 5.56 Å². The topological polar surface area (TPSA) is 96.7 Å². The van der Waals surface area contributed by atoms with Crippen LogP contribution in [0, 0.1) is 18.7 Å². The van der Waals surface area contributed by atoms with E-state index < -0.39 is 11.7 Å². The minimum absolute atomic E-state index is 0.197. The van der Waals surface area contributed by atoms with Crippen LogP contribution in [0.3, 0.4) is 0 Å². The summed E-state index contributed by atoms with van der Waals surface area (Å²) >= 11 is 0. The molecule has 3 aromatic heterocycles. The van der Waals surface area contributed by atoms with Crippen LogP contribution >= 0.6 is 0 Å². The van der Waals surface area contributed by atoms with Crippen LogP contribution < -0.4 is 20.3 Å². The molecule has 0 atom stereocenters. The van der Waals surface area contributed by atoms with Gasteiger partial charge in [0.05, 0.1) is 18.0 Å². The molecule has 1 amide bonds. The van der Waals surface area contributed by atoms with Crippen LogP contribution in [0.15, 0.2) is 24.7 Å². The number of pyridine rings is 1. The van der Waals surface area contributed by atoms with Gasteiger partial charge in [-0.15, -0.1) is 0 Å². The van der Waals surface area contributed by atoms with E-state index in [1.807, 2.05) is 14.0 Å². The van der Waals surface area contributed by atoms with Crippen molar-refractivity contribution in [2.24, 2.45) is 5.92 Å². The molecule has 3 aromatic rings. The smallest absolute Gasteiger partial charge is 0.262 e. The summed E-state index contributed by atoms with van der Waals surface area (Å²) in [5.74, 6) is 0.420. The van der Waals surface area contributed by atoms with E-state index in [9.17, 15) is 9.18 Å². The summed E-state index contributed by atoms with van der Waals surface area (Å²) < 4.78 is 21.5. The Bertz CT molecular complexity index is 1110. The highest BCUT2D eigenvalue weighted by Crippen LogP contribution is 2.25. The molecular weight excluding hydrogens is 413 g/mol. The van der Waals surface area contributed by atoms with E-state index in [2.05, 4.69) is 30.5 Å². The van der Waals surface area contributed by atoms with E-state index in [4.69, 9.17) is 4.74 Å². The molecule has 2 N–H and O–H groups in total. The van der Waals surface area contributed by atoms with Crippen molar-refractivity contribution in [3.8, 4) is 5.88 Å². The molecule has 1 fully saturated rings. The van der Waals surface area contributed by atoms with Crippen molar-refractivity contribution < 1.29 is 13.9 Å². The standard InChI is InChI=1S/C22H28FN7O2/c1-4-32-21-17(11-25-22(28-21)29-7-5-15(6-8-29)10-24-3)20(31)27-16-9-18(23)19-26-14(2)12-30(19)13-16/h9,11-13,15,24H,4-8,10H2,1-3H3,(H,27,31). The lowest BCUT2D eigenvalue weighted by molar-refractivity contribution is 0.102. The lowest BCUT2D eigenvalue weighted by atomic mass is 9.97. The van der Waals surface area contributed by atoms with E-state index in [1.165, 1.54) is 12.3 Å². The van der Waals surface area contributed by atoms with E-state index >= 15 is 0 Å². The van der Waals surface area contributed by atoms with E-state index in [1.54, 1.807) is 23.7 Å². The summed E-state index contributed by atoms with van der Waals surface area (Å²) in [7, 11) is 1.97. The number of aryl methyl sites for hydroxylation is 1. The SMILES string of the molecule is CCOc1nc(N2CCC(CNC)CC2)ncc1C(=O)Nc1cc(F)c2nc(C)cn2c1. The van der Waals surface area contributed by atoms with Gasteiger partial charge in [-0.2, -0.15) is 4.98 Å². The van der Waals surface area contributed by atoms with Crippen LogP contribution in [-0.2, 0) is 0 Å². The Morgan fingerprint density at radius 3 is 2.78 bits per heavy atom. The second-order valence-electron chi connectivity index (χ2n) is 7.95. The fraction of sp³-hybridized carbons (Fsp3) is 0.455. The van der Waals surface area contributed by atoms with Gasteiger partial charge in [0, 0.05) is 37.7 Å². The first-order valence-electron chi connectivity index (χ1n) is 10.8. The van der Waals surface area contributed by atoms with Crippen LogP contribution in [0.2, 0.25) is 0 Å². The maximum atomic E-state index is 14.4. The van der Waals surface area contributed by atoms with Crippen molar-refractivity contribution in [1.82, 2.24) is 24.7 Å². The molecule has 0 bridgehead atoms. The number of imidazole rings is 1. The van der Waals surface area contributed by atoms with Gasteiger partial charge in [-0.05, 0) is 46.2 Å². The van der Waals surface area contributed by atoms with Crippen LogP contribution in [0.25, 0.3) is 5.65 Å². The molecule has 0 saturated carbocycles. The number of hydrogen-bond acceptors (Lipinski definition) is 7. The first kappa shape index (κ1) is 21.9. The third kappa shape index (κ3) is 4.64. The Morgan fingerprint density at radius 2 is 2.06 bits per heavy atom. The third-order valence-electron chi connectivity index (χ3n) is 5.54. The van der Waals surface area contributed by atoms with Crippen LogP contribution in [0.1, 0.15) is 35.8 Å². The highest BCUT2D eigenvalue weighted by atomic mass is 19.1. The van der Waals surface area contributed by atoms with Crippen LogP contribution in [0.4, 0.5) is 16.0 Å². The molecule has 170 valence electrons. The number of carbonyl (C=O) groups is 1. The average Bonchev–Trinajstić information content (AvgIpc) is 3.15. The van der Waals surface area contributed by atoms with Crippen molar-refractivity contribution in [3.05, 3.63) is 41.7 Å². The van der Waals surface area contributed by atoms with Gasteiger partial charge in [0.15, 0.2) is 11.5 Å². The van der Waals surface area contributed by atoms with Crippen molar-refractivity contribution in [2.45, 2.75) is 26.7 Å². The number of rotatable bonds is 7. The number of halogens is 1. The van der Waals surface area contributed by atoms with Crippen LogP contribution in [-0.4, -0.2) is 58.5 Å². The molecule has 0 aliphatic carbocycles. The fourth-order valence-electron chi connectivity index (χ4n) is 3.98. The predicted molar refractivity (Wildman–Crippen MR) is 120 cm³/mol. The highest BCUT2D eigenvalue weighted by Gasteiger charge is 2.23. The maximum absolute atomic E-state index is 14.4. The second kappa shape index (κ2) is 9.47. The van der Waals surface area contributed by atoms with Crippen molar-refractivity contribution >= 4 is 23.2 Å². The molecule has 1 saturated heterocycles. The average molecular weight is 442 g/mol. The van der Waals surface area contributed by atoms with Gasteiger partial charge in [-0.1, -0.05) is 0 Å². The van der Waals surface area contributed by atoms with Gasteiger partial charge in [-0.25, -0.2) is 14.4 Å². The Hall–Kier alpha value is -3.27. The number of anilines is 2. The largest absolute Gasteiger partial charge is 0.477 e. The quantitative estimate of drug-likeness (QED) is 0.582. The number of carbonyl (C=O) groups excluding carboxylic acids is 1. The van der Waals surface area contributed by atoms with Gasteiger partial charge >= 0.3 is 0 Å². The number of aromatic nitrogens is 4. The third-order valence-corrected chi connectivity index (χ3v) is 5.54. The fourth-order valence-corrected chi connectivity index (χ4v) is 3.98. The minimum atomic E-state index is -0.519.